The number of para-hydroxylation sites is 1. The summed E-state index contributed by atoms with van der Waals surface area (Å²) in [6.07, 6.45) is 0.238. The SMILES string of the molecule is CN1CCOC(CNC(=O)Cc2ccccc2O)C1. The molecule has 19 heavy (non-hydrogen) atoms. The second-order valence-electron chi connectivity index (χ2n) is 4.86. The van der Waals surface area contributed by atoms with Crippen LogP contribution in [0.15, 0.2) is 24.3 Å². The molecular weight excluding hydrogens is 244 g/mol. The number of phenolic OH excluding ortho intramolecular Hbond substituents is 1. The number of nitrogens with one attached hydrogen (secondary N) is 1. The van der Waals surface area contributed by atoms with Crippen molar-refractivity contribution in [2.75, 3.05) is 33.3 Å². The normalized spacial score (nSPS) is 20.2. The summed E-state index contributed by atoms with van der Waals surface area (Å²) in [5.74, 6) is 0.0598. The van der Waals surface area contributed by atoms with Crippen LogP contribution in [0.1, 0.15) is 5.56 Å². The molecule has 1 fully saturated rings. The first-order valence-electron chi connectivity index (χ1n) is 6.49. The molecular formula is C14H20N2O3. The van der Waals surface area contributed by atoms with Gasteiger partial charge in [0.2, 0.25) is 5.91 Å². The molecule has 2 rings (SSSR count). The van der Waals surface area contributed by atoms with Crippen LogP contribution >= 0.6 is 0 Å². The molecule has 1 amide bonds. The highest BCUT2D eigenvalue weighted by Gasteiger charge is 2.18. The number of carbonyl (C=O) groups excluding carboxylic acids is 1. The zero-order valence-corrected chi connectivity index (χ0v) is 11.1. The van der Waals surface area contributed by atoms with Crippen LogP contribution in [0, 0.1) is 0 Å². The van der Waals surface area contributed by atoms with Crippen molar-refractivity contribution in [1.29, 1.82) is 0 Å². The minimum Gasteiger partial charge on any atom is -0.508 e. The van der Waals surface area contributed by atoms with E-state index < -0.39 is 0 Å². The average Bonchev–Trinajstić information content (AvgIpc) is 2.39. The number of carbonyl (C=O) groups is 1. The van der Waals surface area contributed by atoms with E-state index in [-0.39, 0.29) is 24.2 Å². The van der Waals surface area contributed by atoms with E-state index in [1.807, 2.05) is 13.1 Å². The maximum atomic E-state index is 11.8. The molecule has 104 valence electrons. The van der Waals surface area contributed by atoms with E-state index >= 15 is 0 Å². The van der Waals surface area contributed by atoms with Crippen molar-refractivity contribution in [3.63, 3.8) is 0 Å². The molecule has 1 aromatic rings. The number of likely N-dealkylation sites (N-methyl/N-ethyl adjacent to an activating group) is 1. The summed E-state index contributed by atoms with van der Waals surface area (Å²) in [5, 5.41) is 12.4. The number of hydrogen-bond donors (Lipinski definition) is 2. The Bertz CT molecular complexity index is 436. The molecule has 1 aliphatic heterocycles. The molecule has 0 spiro atoms. The van der Waals surface area contributed by atoms with Crippen LogP contribution < -0.4 is 5.32 Å². The Hall–Kier alpha value is -1.59. The number of morpholine rings is 1. The highest BCUT2D eigenvalue weighted by molar-refractivity contribution is 5.79. The van der Waals surface area contributed by atoms with Gasteiger partial charge in [0.25, 0.3) is 0 Å². The number of rotatable bonds is 4. The fourth-order valence-electron chi connectivity index (χ4n) is 2.11. The number of aromatic hydroxyl groups is 1. The molecule has 1 aromatic carbocycles. The number of ether oxygens (including phenoxy) is 1. The van der Waals surface area contributed by atoms with Gasteiger partial charge >= 0.3 is 0 Å². The number of phenols is 1. The van der Waals surface area contributed by atoms with Gasteiger partial charge < -0.3 is 20.1 Å². The lowest BCUT2D eigenvalue weighted by atomic mass is 10.1. The molecule has 0 saturated carbocycles. The molecule has 1 atom stereocenters. The minimum absolute atomic E-state index is 0.0482. The van der Waals surface area contributed by atoms with E-state index in [0.29, 0.717) is 18.7 Å². The van der Waals surface area contributed by atoms with Crippen molar-refractivity contribution in [2.45, 2.75) is 12.5 Å². The van der Waals surface area contributed by atoms with E-state index in [0.717, 1.165) is 13.1 Å². The maximum Gasteiger partial charge on any atom is 0.224 e. The van der Waals surface area contributed by atoms with Gasteiger partial charge in [-0.15, -0.1) is 0 Å². The van der Waals surface area contributed by atoms with Crippen molar-refractivity contribution in [3.05, 3.63) is 29.8 Å². The molecule has 5 heteroatoms. The third-order valence-electron chi connectivity index (χ3n) is 3.21. The number of hydrogen-bond acceptors (Lipinski definition) is 4. The van der Waals surface area contributed by atoms with Crippen molar-refractivity contribution in [1.82, 2.24) is 10.2 Å². The first kappa shape index (κ1) is 13.8. The molecule has 2 N–H and O–H groups in total. The molecule has 1 saturated heterocycles. The lowest BCUT2D eigenvalue weighted by Gasteiger charge is -2.30. The van der Waals surface area contributed by atoms with Crippen molar-refractivity contribution < 1.29 is 14.6 Å². The number of nitrogens with zero attached hydrogens (tertiary/aromatic N) is 1. The summed E-state index contributed by atoms with van der Waals surface area (Å²) in [4.78, 5) is 14.0. The van der Waals surface area contributed by atoms with Crippen LogP contribution in [0.2, 0.25) is 0 Å². The van der Waals surface area contributed by atoms with Crippen molar-refractivity contribution in [3.8, 4) is 5.75 Å². The Balaban J connectivity index is 1.77. The predicted octanol–water partition coefficient (Wildman–Crippen LogP) is 0.382. The highest BCUT2D eigenvalue weighted by atomic mass is 16.5. The molecule has 0 bridgehead atoms. The average molecular weight is 264 g/mol. The maximum absolute atomic E-state index is 11.8. The molecule has 1 heterocycles. The first-order chi connectivity index (χ1) is 9.15. The first-order valence-corrected chi connectivity index (χ1v) is 6.49. The predicted molar refractivity (Wildman–Crippen MR) is 72.1 cm³/mol. The summed E-state index contributed by atoms with van der Waals surface area (Å²) < 4.78 is 5.57. The Kier molecular flexibility index (Phi) is 4.76. The smallest absolute Gasteiger partial charge is 0.224 e. The highest BCUT2D eigenvalue weighted by Crippen LogP contribution is 2.15. The van der Waals surface area contributed by atoms with Crippen LogP contribution in [0.4, 0.5) is 0 Å². The van der Waals surface area contributed by atoms with Crippen LogP contribution in [-0.4, -0.2) is 55.3 Å². The summed E-state index contributed by atoms with van der Waals surface area (Å²) in [5.41, 5.74) is 0.640. The second-order valence-corrected chi connectivity index (χ2v) is 4.86. The van der Waals surface area contributed by atoms with Crippen LogP contribution in [0.25, 0.3) is 0 Å². The Labute approximate surface area is 113 Å². The van der Waals surface area contributed by atoms with Gasteiger partial charge in [0.1, 0.15) is 5.75 Å². The summed E-state index contributed by atoms with van der Waals surface area (Å²) in [6, 6.07) is 6.88. The van der Waals surface area contributed by atoms with Crippen molar-refractivity contribution >= 4 is 5.91 Å². The lowest BCUT2D eigenvalue weighted by Crippen LogP contribution is -2.46. The third-order valence-corrected chi connectivity index (χ3v) is 3.21. The van der Waals surface area contributed by atoms with Crippen LogP contribution in [-0.2, 0) is 16.0 Å². The van der Waals surface area contributed by atoms with Gasteiger partial charge in [-0.3, -0.25) is 4.79 Å². The zero-order valence-electron chi connectivity index (χ0n) is 11.1. The Morgan fingerprint density at radius 1 is 1.53 bits per heavy atom. The largest absolute Gasteiger partial charge is 0.508 e. The zero-order chi connectivity index (χ0) is 13.7. The van der Waals surface area contributed by atoms with Crippen molar-refractivity contribution in [2.24, 2.45) is 0 Å². The topological polar surface area (TPSA) is 61.8 Å². The molecule has 5 nitrogen and oxygen atoms in total. The van der Waals surface area contributed by atoms with Gasteiger partial charge in [-0.1, -0.05) is 18.2 Å². The third kappa shape index (κ3) is 4.22. The van der Waals surface area contributed by atoms with Gasteiger partial charge in [-0.25, -0.2) is 0 Å². The number of amides is 1. The number of benzene rings is 1. The molecule has 1 unspecified atom stereocenters. The van der Waals surface area contributed by atoms with Crippen LogP contribution in [0.3, 0.4) is 0 Å². The minimum atomic E-state index is -0.0988. The van der Waals surface area contributed by atoms with Gasteiger partial charge in [0.05, 0.1) is 19.1 Å². The van der Waals surface area contributed by atoms with E-state index in [9.17, 15) is 9.90 Å². The fourth-order valence-corrected chi connectivity index (χ4v) is 2.11. The molecule has 0 radical (unpaired) electrons. The van der Waals surface area contributed by atoms with E-state index in [1.54, 1.807) is 18.2 Å². The molecule has 0 aromatic heterocycles. The lowest BCUT2D eigenvalue weighted by molar-refractivity contribution is -0.121. The summed E-state index contributed by atoms with van der Waals surface area (Å²) in [7, 11) is 2.04. The second kappa shape index (κ2) is 6.54. The summed E-state index contributed by atoms with van der Waals surface area (Å²) in [6.45, 7) is 2.98. The summed E-state index contributed by atoms with van der Waals surface area (Å²) >= 11 is 0. The van der Waals surface area contributed by atoms with Crippen LogP contribution in [0.5, 0.6) is 5.75 Å². The van der Waals surface area contributed by atoms with E-state index in [1.165, 1.54) is 0 Å². The molecule has 0 aliphatic carbocycles. The van der Waals surface area contributed by atoms with E-state index in [2.05, 4.69) is 10.2 Å². The van der Waals surface area contributed by atoms with Gasteiger partial charge in [-0.05, 0) is 13.1 Å². The van der Waals surface area contributed by atoms with Gasteiger partial charge in [0.15, 0.2) is 0 Å². The Morgan fingerprint density at radius 3 is 3.05 bits per heavy atom. The van der Waals surface area contributed by atoms with Gasteiger partial charge in [0, 0.05) is 25.2 Å². The quantitative estimate of drug-likeness (QED) is 0.825. The standard InChI is InChI=1S/C14H20N2O3/c1-16-6-7-19-12(10-16)9-15-14(18)8-11-4-2-3-5-13(11)17/h2-5,12,17H,6-10H2,1H3,(H,15,18). The van der Waals surface area contributed by atoms with E-state index in [4.69, 9.17) is 4.74 Å². The molecule has 1 aliphatic rings. The fraction of sp³-hybridized carbons (Fsp3) is 0.500. The van der Waals surface area contributed by atoms with Gasteiger partial charge in [-0.2, -0.15) is 0 Å². The Morgan fingerprint density at radius 2 is 2.32 bits per heavy atom. The monoisotopic (exact) mass is 264 g/mol.